The standard InChI is InChI=1S/C25H29N5O6.ClH/c26-18-4-2-5-19(15-18)36-14-13-35-12-11-34-10-9-27-20-6-1-3-17-16-28-30(25(33)23(17)20)21-7-8-22(31)29-24(21)32;/h1-6,15-16,21,27H,7-14,26H2,(H,29,31,32);1H. The molecule has 0 aliphatic carbocycles. The number of piperidine rings is 1. The minimum Gasteiger partial charge on any atom is -0.491 e. The lowest BCUT2D eigenvalue weighted by molar-refractivity contribution is -0.136. The van der Waals surface area contributed by atoms with E-state index in [1.165, 1.54) is 0 Å². The largest absolute Gasteiger partial charge is 0.491 e. The number of fused-ring (bicyclic) bond motifs is 1. The van der Waals surface area contributed by atoms with Gasteiger partial charge in [0.15, 0.2) is 0 Å². The minimum absolute atomic E-state index is 0. The van der Waals surface area contributed by atoms with Gasteiger partial charge in [0.1, 0.15) is 18.4 Å². The fourth-order valence-corrected chi connectivity index (χ4v) is 3.90. The first-order chi connectivity index (χ1) is 17.5. The zero-order chi connectivity index (χ0) is 25.3. The van der Waals surface area contributed by atoms with E-state index in [1.807, 2.05) is 18.2 Å². The number of rotatable bonds is 12. The number of ether oxygens (including phenoxy) is 3. The lowest BCUT2D eigenvalue weighted by atomic mass is 10.1. The molecule has 0 saturated carbocycles. The average molecular weight is 532 g/mol. The first kappa shape index (κ1) is 27.9. The molecule has 0 bridgehead atoms. The number of aromatic nitrogens is 2. The van der Waals surface area contributed by atoms with E-state index in [4.69, 9.17) is 19.9 Å². The number of nitrogens with two attached hydrogens (primary N) is 1. The molecule has 1 saturated heterocycles. The molecule has 11 nitrogen and oxygen atoms in total. The van der Waals surface area contributed by atoms with E-state index in [0.29, 0.717) is 67.5 Å². The summed E-state index contributed by atoms with van der Waals surface area (Å²) in [7, 11) is 0. The maximum Gasteiger partial charge on any atom is 0.277 e. The van der Waals surface area contributed by atoms with Crippen LogP contribution in [0, 0.1) is 0 Å². The fourth-order valence-electron chi connectivity index (χ4n) is 3.90. The summed E-state index contributed by atoms with van der Waals surface area (Å²) in [6.07, 6.45) is 1.95. The zero-order valence-electron chi connectivity index (χ0n) is 20.2. The lowest BCUT2D eigenvalue weighted by Crippen LogP contribution is -2.45. The summed E-state index contributed by atoms with van der Waals surface area (Å²) in [6, 6.07) is 11.8. The number of imide groups is 1. The van der Waals surface area contributed by atoms with Crippen molar-refractivity contribution in [3.05, 3.63) is 59.0 Å². The molecule has 37 heavy (non-hydrogen) atoms. The van der Waals surface area contributed by atoms with Gasteiger partial charge in [-0.3, -0.25) is 19.7 Å². The van der Waals surface area contributed by atoms with E-state index >= 15 is 0 Å². The Bertz CT molecular complexity index is 1280. The minimum atomic E-state index is -0.813. The van der Waals surface area contributed by atoms with Crippen molar-refractivity contribution in [2.75, 3.05) is 50.6 Å². The zero-order valence-corrected chi connectivity index (χ0v) is 21.0. The van der Waals surface area contributed by atoms with Gasteiger partial charge in [0, 0.05) is 35.8 Å². The van der Waals surface area contributed by atoms with Crippen LogP contribution in [0.5, 0.6) is 5.75 Å². The highest BCUT2D eigenvalue weighted by Gasteiger charge is 2.30. The molecule has 1 aliphatic heterocycles. The van der Waals surface area contributed by atoms with E-state index in [9.17, 15) is 14.4 Å². The highest BCUT2D eigenvalue weighted by Crippen LogP contribution is 2.22. The lowest BCUT2D eigenvalue weighted by Gasteiger charge is -2.22. The Morgan fingerprint density at radius 2 is 1.78 bits per heavy atom. The van der Waals surface area contributed by atoms with Crippen molar-refractivity contribution in [1.82, 2.24) is 15.1 Å². The Kier molecular flexibility index (Phi) is 10.2. The average Bonchev–Trinajstić information content (AvgIpc) is 2.86. The number of carbonyl (C=O) groups excluding carboxylic acids is 2. The van der Waals surface area contributed by atoms with Gasteiger partial charge in [-0.25, -0.2) is 4.68 Å². The molecule has 2 heterocycles. The molecule has 0 radical (unpaired) electrons. The summed E-state index contributed by atoms with van der Waals surface area (Å²) in [5.41, 5.74) is 6.59. The molecule has 4 rings (SSSR count). The Morgan fingerprint density at radius 1 is 1.03 bits per heavy atom. The number of nitrogens with zero attached hydrogens (tertiary/aromatic N) is 2. The number of hydrogen-bond acceptors (Lipinski definition) is 9. The molecule has 1 fully saturated rings. The van der Waals surface area contributed by atoms with Crippen LogP contribution in [0.25, 0.3) is 10.8 Å². The first-order valence-electron chi connectivity index (χ1n) is 11.7. The summed E-state index contributed by atoms with van der Waals surface area (Å²) in [4.78, 5) is 36.8. The van der Waals surface area contributed by atoms with E-state index in [1.54, 1.807) is 30.5 Å². The summed E-state index contributed by atoms with van der Waals surface area (Å²) in [5.74, 6) is -0.157. The third-order valence-corrected chi connectivity index (χ3v) is 5.63. The molecule has 4 N–H and O–H groups in total. The van der Waals surface area contributed by atoms with Crippen LogP contribution in [0.3, 0.4) is 0 Å². The summed E-state index contributed by atoms with van der Waals surface area (Å²) in [5, 5.41) is 10.7. The normalized spacial score (nSPS) is 15.2. The van der Waals surface area contributed by atoms with Crippen LogP contribution >= 0.6 is 12.4 Å². The van der Waals surface area contributed by atoms with E-state index in [-0.39, 0.29) is 36.7 Å². The molecule has 2 aromatic carbocycles. The maximum absolute atomic E-state index is 13.2. The van der Waals surface area contributed by atoms with Gasteiger partial charge in [-0.15, -0.1) is 12.4 Å². The summed E-state index contributed by atoms with van der Waals surface area (Å²) < 4.78 is 17.8. The second-order valence-electron chi connectivity index (χ2n) is 8.20. The summed E-state index contributed by atoms with van der Waals surface area (Å²) in [6.45, 7) is 2.57. The smallest absolute Gasteiger partial charge is 0.277 e. The molecule has 12 heteroatoms. The van der Waals surface area contributed by atoms with Crippen molar-refractivity contribution in [2.45, 2.75) is 18.9 Å². The number of benzene rings is 2. The van der Waals surface area contributed by atoms with E-state index in [0.717, 1.165) is 4.68 Å². The number of nitrogens with one attached hydrogen (secondary N) is 2. The third kappa shape index (κ3) is 7.42. The number of hydrogen-bond donors (Lipinski definition) is 3. The molecule has 2 amide bonds. The monoisotopic (exact) mass is 531 g/mol. The Balaban J connectivity index is 0.00000380. The molecule has 198 valence electrons. The van der Waals surface area contributed by atoms with Crippen LogP contribution in [0.1, 0.15) is 18.9 Å². The van der Waals surface area contributed by atoms with Crippen LogP contribution in [-0.2, 0) is 19.1 Å². The molecule has 3 aromatic rings. The van der Waals surface area contributed by atoms with Crippen LogP contribution < -0.4 is 26.7 Å². The van der Waals surface area contributed by atoms with Gasteiger partial charge in [-0.2, -0.15) is 5.10 Å². The van der Waals surface area contributed by atoms with Gasteiger partial charge in [0.05, 0.1) is 38.0 Å². The Hall–Kier alpha value is -3.67. The predicted molar refractivity (Wildman–Crippen MR) is 141 cm³/mol. The number of amides is 2. The molecule has 1 unspecified atom stereocenters. The number of halogens is 1. The summed E-state index contributed by atoms with van der Waals surface area (Å²) >= 11 is 0. The Labute approximate surface area is 219 Å². The van der Waals surface area contributed by atoms with Gasteiger partial charge >= 0.3 is 0 Å². The predicted octanol–water partition coefficient (Wildman–Crippen LogP) is 1.90. The van der Waals surface area contributed by atoms with Crippen LogP contribution in [0.2, 0.25) is 0 Å². The van der Waals surface area contributed by atoms with Gasteiger partial charge in [0.2, 0.25) is 5.91 Å². The van der Waals surface area contributed by atoms with Crippen molar-refractivity contribution in [3.63, 3.8) is 0 Å². The second kappa shape index (κ2) is 13.6. The molecule has 0 spiro atoms. The van der Waals surface area contributed by atoms with Crippen LogP contribution in [-0.4, -0.2) is 61.2 Å². The second-order valence-corrected chi connectivity index (χ2v) is 8.20. The van der Waals surface area contributed by atoms with Crippen molar-refractivity contribution in [1.29, 1.82) is 0 Å². The van der Waals surface area contributed by atoms with Crippen LogP contribution in [0.4, 0.5) is 11.4 Å². The van der Waals surface area contributed by atoms with Gasteiger partial charge in [-0.1, -0.05) is 18.2 Å². The maximum atomic E-state index is 13.2. The molecule has 1 atom stereocenters. The molecular formula is C25H30ClN5O6. The highest BCUT2D eigenvalue weighted by molar-refractivity contribution is 5.99. The number of nitrogen functional groups attached to an aromatic ring is 1. The van der Waals surface area contributed by atoms with Gasteiger partial charge < -0.3 is 25.3 Å². The van der Waals surface area contributed by atoms with Crippen molar-refractivity contribution in [3.8, 4) is 5.75 Å². The van der Waals surface area contributed by atoms with Crippen molar-refractivity contribution >= 4 is 46.4 Å². The van der Waals surface area contributed by atoms with Gasteiger partial charge in [-0.05, 0) is 24.6 Å². The first-order valence-corrected chi connectivity index (χ1v) is 11.7. The van der Waals surface area contributed by atoms with Crippen molar-refractivity contribution < 1.29 is 23.8 Å². The Morgan fingerprint density at radius 3 is 2.57 bits per heavy atom. The van der Waals surface area contributed by atoms with E-state index < -0.39 is 11.9 Å². The van der Waals surface area contributed by atoms with Crippen LogP contribution in [0.15, 0.2) is 53.5 Å². The molecular weight excluding hydrogens is 502 g/mol. The van der Waals surface area contributed by atoms with Crippen molar-refractivity contribution in [2.24, 2.45) is 0 Å². The molecule has 1 aliphatic rings. The highest BCUT2D eigenvalue weighted by atomic mass is 35.5. The SMILES string of the molecule is Cl.Nc1cccc(OCCOCCOCCNc2cccc3cnn(C4CCC(=O)NC4=O)c(=O)c23)c1. The fraction of sp³-hybridized carbons (Fsp3) is 0.360. The molecule has 1 aromatic heterocycles. The number of carbonyl (C=O) groups is 2. The van der Waals surface area contributed by atoms with E-state index in [2.05, 4.69) is 15.7 Å². The van der Waals surface area contributed by atoms with Gasteiger partial charge in [0.25, 0.3) is 11.5 Å². The topological polar surface area (TPSA) is 147 Å². The quantitative estimate of drug-likeness (QED) is 0.181. The third-order valence-electron chi connectivity index (χ3n) is 5.63. The number of anilines is 2.